The number of benzene rings is 3. The number of carbonyl (C=O) groups excluding carboxylic acids is 2. The summed E-state index contributed by atoms with van der Waals surface area (Å²) in [6.45, 7) is 1.91. The Balaban J connectivity index is 1.33. The Morgan fingerprint density at radius 2 is 1.61 bits per heavy atom. The van der Waals surface area contributed by atoms with E-state index in [0.29, 0.717) is 22.7 Å². The number of fused-ring (bicyclic) bond motifs is 2. The van der Waals surface area contributed by atoms with Crippen LogP contribution in [-0.4, -0.2) is 60.0 Å². The normalized spacial score (nSPS) is 22.6. The summed E-state index contributed by atoms with van der Waals surface area (Å²) in [7, 11) is 1.75. The van der Waals surface area contributed by atoms with E-state index in [1.807, 2.05) is 84.9 Å². The third kappa shape index (κ3) is 4.61. The lowest BCUT2D eigenvalue weighted by molar-refractivity contribution is -0.151. The number of hydrogen-bond donors (Lipinski definition) is 3. The van der Waals surface area contributed by atoms with Crippen molar-refractivity contribution in [3.8, 4) is 5.69 Å². The summed E-state index contributed by atoms with van der Waals surface area (Å²) >= 11 is 1.52. The second-order valence-electron chi connectivity index (χ2n) is 11.9. The summed E-state index contributed by atoms with van der Waals surface area (Å²) in [4.78, 5) is 61.6. The minimum absolute atomic E-state index is 0.0611. The van der Waals surface area contributed by atoms with E-state index in [0.717, 1.165) is 15.8 Å². The Hall–Kier alpha value is -4.87. The lowest BCUT2D eigenvalue weighted by Crippen LogP contribution is -2.57. The summed E-state index contributed by atoms with van der Waals surface area (Å²) in [6, 6.07) is 25.4. The summed E-state index contributed by atoms with van der Waals surface area (Å²) < 4.78 is 3.22. The van der Waals surface area contributed by atoms with Crippen LogP contribution in [0, 0.1) is 18.8 Å². The second-order valence-corrected chi connectivity index (χ2v) is 13.1. The highest BCUT2D eigenvalue weighted by molar-refractivity contribution is 7.99. The van der Waals surface area contributed by atoms with Crippen LogP contribution >= 0.6 is 11.8 Å². The van der Waals surface area contributed by atoms with E-state index in [1.165, 1.54) is 21.3 Å². The highest BCUT2D eigenvalue weighted by Crippen LogP contribution is 2.50. The molecule has 2 fully saturated rings. The van der Waals surface area contributed by atoms with Crippen LogP contribution in [0.25, 0.3) is 16.6 Å². The van der Waals surface area contributed by atoms with Gasteiger partial charge in [-0.1, -0.05) is 54.6 Å². The standard InChI is InChI=1S/C35H33N5O5S/c1-21-27(32(42)40(38(21)2)23-11-5-3-6-12-23)30-28-29(33(43)39(31(28)41)17-18-46-24-13-7-4-8-14-24)35(37-30,34(44)45)19-22-20-36-26-16-10-9-15-25(22)26/h3-16,20,28-30,36-37H,17-19H2,1-2H3,(H,44,45). The maximum atomic E-state index is 14.3. The molecule has 5 aromatic rings. The Morgan fingerprint density at radius 3 is 2.33 bits per heavy atom. The van der Waals surface area contributed by atoms with E-state index < -0.39 is 41.2 Å². The summed E-state index contributed by atoms with van der Waals surface area (Å²) in [5, 5.41) is 15.1. The summed E-state index contributed by atoms with van der Waals surface area (Å²) in [5.41, 5.74) is 0.823. The smallest absolute Gasteiger partial charge is 0.325 e. The van der Waals surface area contributed by atoms with Crippen molar-refractivity contribution in [2.75, 3.05) is 12.3 Å². The van der Waals surface area contributed by atoms with Gasteiger partial charge in [-0.05, 0) is 42.8 Å². The highest BCUT2D eigenvalue weighted by Gasteiger charge is 2.69. The summed E-state index contributed by atoms with van der Waals surface area (Å²) in [6.07, 6.45) is 1.69. The zero-order valence-electron chi connectivity index (χ0n) is 25.3. The van der Waals surface area contributed by atoms with Gasteiger partial charge in [0.15, 0.2) is 0 Å². The average Bonchev–Trinajstić information content (AvgIpc) is 3.76. The number of aliphatic carboxylic acids is 1. The molecule has 2 aliphatic rings. The molecule has 11 heteroatoms. The molecule has 3 aromatic carbocycles. The van der Waals surface area contributed by atoms with Gasteiger partial charge in [0.1, 0.15) is 5.54 Å². The zero-order chi connectivity index (χ0) is 32.2. The molecule has 2 aliphatic heterocycles. The molecular formula is C35H33N5O5S. The van der Waals surface area contributed by atoms with Crippen LogP contribution in [0.4, 0.5) is 0 Å². The topological polar surface area (TPSA) is 129 Å². The molecular weight excluding hydrogens is 602 g/mol. The van der Waals surface area contributed by atoms with E-state index in [2.05, 4.69) is 10.3 Å². The van der Waals surface area contributed by atoms with E-state index in [4.69, 9.17) is 0 Å². The largest absolute Gasteiger partial charge is 0.480 e. The van der Waals surface area contributed by atoms with Crippen molar-refractivity contribution in [3.05, 3.63) is 118 Å². The molecule has 234 valence electrons. The predicted octanol–water partition coefficient (Wildman–Crippen LogP) is 4.07. The first-order valence-electron chi connectivity index (χ1n) is 15.2. The Labute approximate surface area is 269 Å². The van der Waals surface area contributed by atoms with Gasteiger partial charge in [-0.2, -0.15) is 0 Å². The Bertz CT molecular complexity index is 2030. The number of carbonyl (C=O) groups is 3. The van der Waals surface area contributed by atoms with Gasteiger partial charge in [0.25, 0.3) is 5.56 Å². The van der Waals surface area contributed by atoms with Crippen molar-refractivity contribution in [1.29, 1.82) is 0 Å². The second kappa shape index (κ2) is 11.5. The maximum absolute atomic E-state index is 14.3. The van der Waals surface area contributed by atoms with Crippen LogP contribution in [0.15, 0.2) is 101 Å². The molecule has 2 saturated heterocycles. The number of likely N-dealkylation sites (tertiary alicyclic amines) is 1. The number of aromatic amines is 1. The first-order chi connectivity index (χ1) is 22.2. The zero-order valence-corrected chi connectivity index (χ0v) is 26.2. The van der Waals surface area contributed by atoms with Gasteiger partial charge >= 0.3 is 5.97 Å². The minimum atomic E-state index is -1.85. The number of hydrogen-bond acceptors (Lipinski definition) is 6. The van der Waals surface area contributed by atoms with Crippen LogP contribution in [-0.2, 0) is 27.9 Å². The first kappa shape index (κ1) is 29.8. The average molecular weight is 636 g/mol. The molecule has 4 heterocycles. The number of nitrogens with zero attached hydrogens (tertiary/aromatic N) is 3. The van der Waals surface area contributed by atoms with Crippen molar-refractivity contribution in [2.24, 2.45) is 18.9 Å². The molecule has 2 aromatic heterocycles. The van der Waals surface area contributed by atoms with Crippen molar-refractivity contribution < 1.29 is 19.5 Å². The summed E-state index contributed by atoms with van der Waals surface area (Å²) in [5.74, 6) is -4.08. The van der Waals surface area contributed by atoms with Crippen LogP contribution in [0.3, 0.4) is 0 Å². The van der Waals surface area contributed by atoms with Crippen molar-refractivity contribution in [1.82, 2.24) is 24.6 Å². The van der Waals surface area contributed by atoms with Crippen LogP contribution in [0.5, 0.6) is 0 Å². The predicted molar refractivity (Wildman–Crippen MR) is 175 cm³/mol. The maximum Gasteiger partial charge on any atom is 0.325 e. The number of aromatic nitrogens is 3. The van der Waals surface area contributed by atoms with Gasteiger partial charge in [-0.25, -0.2) is 4.68 Å². The van der Waals surface area contributed by atoms with Gasteiger partial charge in [0.2, 0.25) is 11.8 Å². The lowest BCUT2D eigenvalue weighted by Gasteiger charge is -2.31. The van der Waals surface area contributed by atoms with Crippen LogP contribution in [0.2, 0.25) is 0 Å². The van der Waals surface area contributed by atoms with Gasteiger partial charge in [-0.15, -0.1) is 11.8 Å². The molecule has 0 aliphatic carbocycles. The molecule has 0 radical (unpaired) electrons. The number of H-pyrrole nitrogens is 1. The number of imide groups is 1. The van der Waals surface area contributed by atoms with Crippen molar-refractivity contribution >= 4 is 40.4 Å². The molecule has 10 nitrogen and oxygen atoms in total. The number of amides is 2. The Morgan fingerprint density at radius 1 is 0.935 bits per heavy atom. The molecule has 2 amide bonds. The molecule has 4 atom stereocenters. The van der Waals surface area contributed by atoms with Gasteiger partial charge in [0.05, 0.1) is 29.1 Å². The van der Waals surface area contributed by atoms with E-state index in [9.17, 15) is 24.3 Å². The first-order valence-corrected chi connectivity index (χ1v) is 16.1. The van der Waals surface area contributed by atoms with Gasteiger partial charge < -0.3 is 10.1 Å². The number of thioether (sulfide) groups is 1. The molecule has 7 rings (SSSR count). The molecule has 46 heavy (non-hydrogen) atoms. The Kier molecular flexibility index (Phi) is 7.45. The number of para-hydroxylation sites is 2. The van der Waals surface area contributed by atoms with Gasteiger partial charge in [-0.3, -0.25) is 34.1 Å². The van der Waals surface area contributed by atoms with Crippen LogP contribution < -0.4 is 10.9 Å². The highest BCUT2D eigenvalue weighted by atomic mass is 32.2. The minimum Gasteiger partial charge on any atom is -0.480 e. The molecule has 0 saturated carbocycles. The van der Waals surface area contributed by atoms with Crippen molar-refractivity contribution in [2.45, 2.75) is 29.8 Å². The number of carboxylic acid groups (broad SMARTS) is 1. The van der Waals surface area contributed by atoms with Gasteiger partial charge in [0, 0.05) is 53.5 Å². The fraction of sp³-hybridized carbons (Fsp3) is 0.257. The van der Waals surface area contributed by atoms with E-state index in [-0.39, 0.29) is 24.1 Å². The molecule has 0 spiro atoms. The quantitative estimate of drug-likeness (QED) is 0.165. The van der Waals surface area contributed by atoms with E-state index in [1.54, 1.807) is 24.9 Å². The molecule has 3 N–H and O–H groups in total. The number of carboxylic acids is 1. The number of nitrogens with one attached hydrogen (secondary N) is 2. The lowest BCUT2D eigenvalue weighted by atomic mass is 9.76. The molecule has 4 unspecified atom stereocenters. The fourth-order valence-corrected chi connectivity index (χ4v) is 8.12. The monoisotopic (exact) mass is 635 g/mol. The van der Waals surface area contributed by atoms with Crippen molar-refractivity contribution in [3.63, 3.8) is 0 Å². The molecule has 0 bridgehead atoms. The third-order valence-corrected chi connectivity index (χ3v) is 10.5. The fourth-order valence-electron chi connectivity index (χ4n) is 7.26. The van der Waals surface area contributed by atoms with E-state index >= 15 is 0 Å². The van der Waals surface area contributed by atoms with Crippen LogP contribution in [0.1, 0.15) is 22.9 Å². The number of rotatable bonds is 9. The SMILES string of the molecule is Cc1c(C2NC(Cc3c[nH]c4ccccc34)(C(=O)O)C3C(=O)N(CCSc4ccccc4)C(=O)C23)c(=O)n(-c2ccccc2)n1C. The third-order valence-electron chi connectivity index (χ3n) is 9.51.